The van der Waals surface area contributed by atoms with Crippen LogP contribution in [0.3, 0.4) is 0 Å². The highest BCUT2D eigenvalue weighted by Gasteiger charge is 2.29. The van der Waals surface area contributed by atoms with Crippen LogP contribution < -0.4 is 10.1 Å². The number of aromatic nitrogens is 1. The highest BCUT2D eigenvalue weighted by molar-refractivity contribution is 9.10. The Kier molecular flexibility index (Phi) is 3.16. The molecule has 96 valence electrons. The molecular weight excluding hydrogens is 332 g/mol. The smallest absolute Gasteiger partial charge is 0.271 e. The Bertz CT molecular complexity index is 646. The number of pyridine rings is 1. The number of amides is 1. The molecule has 0 bridgehead atoms. The summed E-state index contributed by atoms with van der Waals surface area (Å²) in [5.41, 5.74) is 0.746. The molecule has 1 atom stereocenters. The summed E-state index contributed by atoms with van der Waals surface area (Å²) >= 11 is 9.07. The number of hydrogen-bond acceptors (Lipinski definition) is 3. The van der Waals surface area contributed by atoms with Crippen LogP contribution in [0.15, 0.2) is 41.0 Å². The van der Waals surface area contributed by atoms with E-state index in [4.69, 9.17) is 16.3 Å². The summed E-state index contributed by atoms with van der Waals surface area (Å²) in [4.78, 5) is 16.2. The molecule has 6 heteroatoms. The minimum Gasteiger partial charge on any atom is -0.472 e. The predicted molar refractivity (Wildman–Crippen MR) is 75.4 cm³/mol. The molecule has 2 aromatic rings. The Hall–Kier alpha value is -1.59. The molecule has 0 saturated carbocycles. The van der Waals surface area contributed by atoms with Crippen LogP contribution in [-0.2, 0) is 4.79 Å². The highest BCUT2D eigenvalue weighted by Crippen LogP contribution is 2.34. The Morgan fingerprint density at radius 2 is 1.95 bits per heavy atom. The summed E-state index contributed by atoms with van der Waals surface area (Å²) in [6.45, 7) is 0. The van der Waals surface area contributed by atoms with Crippen LogP contribution in [0.4, 0.5) is 5.82 Å². The Labute approximate surface area is 122 Å². The van der Waals surface area contributed by atoms with Gasteiger partial charge < -0.3 is 10.1 Å². The van der Waals surface area contributed by atoms with E-state index in [1.165, 1.54) is 0 Å². The van der Waals surface area contributed by atoms with Gasteiger partial charge in [-0.3, -0.25) is 4.79 Å². The van der Waals surface area contributed by atoms with Crippen molar-refractivity contribution in [3.05, 3.63) is 51.6 Å². The Morgan fingerprint density at radius 1 is 1.21 bits per heavy atom. The second-order valence-corrected chi connectivity index (χ2v) is 5.27. The summed E-state index contributed by atoms with van der Waals surface area (Å²) in [6.07, 6.45) is -0.687. The molecule has 1 N–H and O–H groups in total. The van der Waals surface area contributed by atoms with Gasteiger partial charge in [-0.15, -0.1) is 0 Å². The molecule has 19 heavy (non-hydrogen) atoms. The van der Waals surface area contributed by atoms with Crippen LogP contribution in [-0.4, -0.2) is 10.9 Å². The standard InChI is InChI=1S/C13H8BrClN2O2/c14-10-6-5-9-12(16-10)17-13(18)11(19-9)7-1-3-8(15)4-2-7/h1-6,11H,(H,16,17,18). The van der Waals surface area contributed by atoms with Gasteiger partial charge in [-0.25, -0.2) is 4.98 Å². The quantitative estimate of drug-likeness (QED) is 0.808. The average molecular weight is 340 g/mol. The molecule has 2 heterocycles. The van der Waals surface area contributed by atoms with Crippen molar-refractivity contribution in [1.82, 2.24) is 4.98 Å². The van der Waals surface area contributed by atoms with Crippen molar-refractivity contribution in [1.29, 1.82) is 0 Å². The van der Waals surface area contributed by atoms with Gasteiger partial charge in [0.2, 0.25) is 6.10 Å². The van der Waals surface area contributed by atoms with Crippen LogP contribution >= 0.6 is 27.5 Å². The van der Waals surface area contributed by atoms with E-state index in [0.29, 0.717) is 21.2 Å². The van der Waals surface area contributed by atoms with Gasteiger partial charge in [0.15, 0.2) is 11.6 Å². The van der Waals surface area contributed by atoms with Crippen LogP contribution in [0.25, 0.3) is 0 Å². The van der Waals surface area contributed by atoms with Crippen LogP contribution in [0.5, 0.6) is 5.75 Å². The molecule has 3 rings (SSSR count). The third kappa shape index (κ3) is 2.43. The van der Waals surface area contributed by atoms with Crippen molar-refractivity contribution in [2.75, 3.05) is 5.32 Å². The monoisotopic (exact) mass is 338 g/mol. The van der Waals surface area contributed by atoms with Crippen molar-refractivity contribution in [2.45, 2.75) is 6.10 Å². The summed E-state index contributed by atoms with van der Waals surface area (Å²) < 4.78 is 6.33. The second-order valence-electron chi connectivity index (χ2n) is 4.02. The van der Waals surface area contributed by atoms with E-state index in [1.54, 1.807) is 36.4 Å². The summed E-state index contributed by atoms with van der Waals surface area (Å²) in [7, 11) is 0. The number of halogens is 2. The summed E-state index contributed by atoms with van der Waals surface area (Å²) in [5.74, 6) is 0.716. The van der Waals surface area contributed by atoms with Crippen molar-refractivity contribution in [2.24, 2.45) is 0 Å². The number of nitrogens with zero attached hydrogens (tertiary/aromatic N) is 1. The zero-order chi connectivity index (χ0) is 13.4. The Balaban J connectivity index is 1.95. The van der Waals surface area contributed by atoms with Crippen molar-refractivity contribution in [3.8, 4) is 5.75 Å². The number of hydrogen-bond donors (Lipinski definition) is 1. The molecular formula is C13H8BrClN2O2. The van der Waals surface area contributed by atoms with E-state index in [1.807, 2.05) is 0 Å². The van der Waals surface area contributed by atoms with Crippen molar-refractivity contribution < 1.29 is 9.53 Å². The number of carbonyl (C=O) groups excluding carboxylic acids is 1. The van der Waals surface area contributed by atoms with Gasteiger partial charge in [0.05, 0.1) is 0 Å². The van der Waals surface area contributed by atoms with Gasteiger partial charge in [0.1, 0.15) is 4.60 Å². The molecule has 1 aliphatic rings. The van der Waals surface area contributed by atoms with E-state index in [9.17, 15) is 4.79 Å². The topological polar surface area (TPSA) is 51.2 Å². The minimum atomic E-state index is -0.687. The molecule has 1 amide bonds. The van der Waals surface area contributed by atoms with E-state index < -0.39 is 6.10 Å². The van der Waals surface area contributed by atoms with Crippen LogP contribution in [0.2, 0.25) is 5.02 Å². The minimum absolute atomic E-state index is 0.250. The summed E-state index contributed by atoms with van der Waals surface area (Å²) in [5, 5.41) is 3.34. The molecule has 0 radical (unpaired) electrons. The third-order valence-corrected chi connectivity index (χ3v) is 3.42. The van der Waals surface area contributed by atoms with Gasteiger partial charge in [-0.1, -0.05) is 23.7 Å². The first kappa shape index (κ1) is 12.4. The van der Waals surface area contributed by atoms with E-state index in [2.05, 4.69) is 26.2 Å². The number of fused-ring (bicyclic) bond motifs is 1. The SMILES string of the molecule is O=C1Nc2nc(Br)ccc2OC1c1ccc(Cl)cc1. The molecule has 0 fully saturated rings. The normalized spacial score (nSPS) is 17.4. The average Bonchev–Trinajstić information content (AvgIpc) is 2.39. The highest BCUT2D eigenvalue weighted by atomic mass is 79.9. The first-order valence-corrected chi connectivity index (χ1v) is 6.70. The maximum Gasteiger partial charge on any atom is 0.271 e. The van der Waals surface area contributed by atoms with Gasteiger partial charge in [0.25, 0.3) is 5.91 Å². The van der Waals surface area contributed by atoms with E-state index in [0.717, 1.165) is 5.56 Å². The number of carbonyl (C=O) groups is 1. The molecule has 1 unspecified atom stereocenters. The molecule has 0 aliphatic carbocycles. The van der Waals surface area contributed by atoms with E-state index >= 15 is 0 Å². The largest absolute Gasteiger partial charge is 0.472 e. The molecule has 4 nitrogen and oxygen atoms in total. The van der Waals surface area contributed by atoms with Crippen LogP contribution in [0, 0.1) is 0 Å². The van der Waals surface area contributed by atoms with Gasteiger partial charge in [-0.05, 0) is 40.2 Å². The fourth-order valence-electron chi connectivity index (χ4n) is 1.83. The molecule has 1 aliphatic heterocycles. The number of nitrogens with one attached hydrogen (secondary N) is 1. The number of rotatable bonds is 1. The maximum absolute atomic E-state index is 12.0. The number of benzene rings is 1. The lowest BCUT2D eigenvalue weighted by Gasteiger charge is -2.25. The lowest BCUT2D eigenvalue weighted by Crippen LogP contribution is -2.30. The first-order valence-electron chi connectivity index (χ1n) is 5.53. The Morgan fingerprint density at radius 3 is 2.68 bits per heavy atom. The summed E-state index contributed by atoms with van der Waals surface area (Å²) in [6, 6.07) is 10.5. The maximum atomic E-state index is 12.0. The van der Waals surface area contributed by atoms with Gasteiger partial charge in [-0.2, -0.15) is 0 Å². The second kappa shape index (κ2) is 4.83. The van der Waals surface area contributed by atoms with Crippen molar-refractivity contribution >= 4 is 39.3 Å². The fourth-order valence-corrected chi connectivity index (χ4v) is 2.26. The molecule has 1 aromatic heterocycles. The third-order valence-electron chi connectivity index (χ3n) is 2.72. The first-order chi connectivity index (χ1) is 9.13. The zero-order valence-corrected chi connectivity index (χ0v) is 11.9. The van der Waals surface area contributed by atoms with Gasteiger partial charge in [0, 0.05) is 10.6 Å². The fraction of sp³-hybridized carbons (Fsp3) is 0.0769. The van der Waals surface area contributed by atoms with Gasteiger partial charge >= 0.3 is 0 Å². The zero-order valence-electron chi connectivity index (χ0n) is 9.56. The molecule has 0 saturated heterocycles. The lowest BCUT2D eigenvalue weighted by atomic mass is 10.1. The lowest BCUT2D eigenvalue weighted by molar-refractivity contribution is -0.123. The van der Waals surface area contributed by atoms with Crippen molar-refractivity contribution in [3.63, 3.8) is 0 Å². The predicted octanol–water partition coefficient (Wildman–Crippen LogP) is 3.57. The number of ether oxygens (including phenoxy) is 1. The number of anilines is 1. The molecule has 1 aromatic carbocycles. The van der Waals surface area contributed by atoms with Crippen LogP contribution in [0.1, 0.15) is 11.7 Å². The van der Waals surface area contributed by atoms with E-state index in [-0.39, 0.29) is 5.91 Å². The molecule has 0 spiro atoms.